The number of aliphatic hydroxyl groups is 1. The Kier molecular flexibility index (Phi) is 6.22. The van der Waals surface area contributed by atoms with E-state index >= 15 is 0 Å². The number of aromatic nitrogens is 4. The van der Waals surface area contributed by atoms with Gasteiger partial charge in [0.05, 0.1) is 11.9 Å². The van der Waals surface area contributed by atoms with E-state index in [0.717, 1.165) is 22.5 Å². The summed E-state index contributed by atoms with van der Waals surface area (Å²) in [4.78, 5) is 23.9. The van der Waals surface area contributed by atoms with E-state index in [1.807, 2.05) is 38.2 Å². The summed E-state index contributed by atoms with van der Waals surface area (Å²) >= 11 is 0. The zero-order valence-electron chi connectivity index (χ0n) is 17.6. The van der Waals surface area contributed by atoms with Crippen LogP contribution in [0.2, 0.25) is 0 Å². The van der Waals surface area contributed by atoms with E-state index < -0.39 is 12.0 Å². The van der Waals surface area contributed by atoms with Gasteiger partial charge in [0.25, 0.3) is 11.8 Å². The van der Waals surface area contributed by atoms with Crippen LogP contribution in [0.5, 0.6) is 0 Å². The molecule has 160 valence electrons. The van der Waals surface area contributed by atoms with Crippen molar-refractivity contribution in [2.24, 2.45) is 12.8 Å². The minimum absolute atomic E-state index is 0.148. The Balaban J connectivity index is 0.000000287. The standard InChI is InChI=1S/C17H15N5O.C5H9NO2/c1-4-12-6-5-7-13(8-12)22-10-15(16(20-22)17(18)23)14-9-19-21(3)11(14)2;1-6-3-2-4(7)5(6)8/h1,5-10H,2-3H3,(H2,18,23);4,7H,2-3H2,1H3. The monoisotopic (exact) mass is 420 g/mol. The fraction of sp³-hybridized carbons (Fsp3) is 0.273. The maximum atomic E-state index is 11.8. The molecule has 0 aliphatic carbocycles. The van der Waals surface area contributed by atoms with Crippen molar-refractivity contribution in [3.63, 3.8) is 0 Å². The zero-order valence-corrected chi connectivity index (χ0v) is 17.6. The van der Waals surface area contributed by atoms with Crippen LogP contribution in [0, 0.1) is 19.3 Å². The Morgan fingerprint density at radius 3 is 2.55 bits per heavy atom. The van der Waals surface area contributed by atoms with Gasteiger partial charge in [0, 0.05) is 49.2 Å². The molecule has 31 heavy (non-hydrogen) atoms. The summed E-state index contributed by atoms with van der Waals surface area (Å²) in [5, 5.41) is 17.3. The highest BCUT2D eigenvalue weighted by Gasteiger charge is 2.26. The largest absolute Gasteiger partial charge is 0.383 e. The highest BCUT2D eigenvalue weighted by molar-refractivity contribution is 5.98. The van der Waals surface area contributed by atoms with Crippen LogP contribution in [0.3, 0.4) is 0 Å². The Morgan fingerprint density at radius 1 is 1.32 bits per heavy atom. The molecule has 0 saturated carbocycles. The lowest BCUT2D eigenvalue weighted by Crippen LogP contribution is -2.24. The fourth-order valence-electron chi connectivity index (χ4n) is 3.19. The molecule has 1 aliphatic rings. The Hall–Kier alpha value is -3.90. The third-order valence-electron chi connectivity index (χ3n) is 5.15. The summed E-state index contributed by atoms with van der Waals surface area (Å²) in [6.07, 6.45) is 8.76. The molecule has 9 heteroatoms. The molecule has 1 fully saturated rings. The molecule has 1 atom stereocenters. The van der Waals surface area contributed by atoms with Crippen molar-refractivity contribution in [3.8, 4) is 29.2 Å². The number of aryl methyl sites for hydroxylation is 1. The fourth-order valence-corrected chi connectivity index (χ4v) is 3.19. The van der Waals surface area contributed by atoms with E-state index in [9.17, 15) is 9.59 Å². The Labute approximate surface area is 180 Å². The molecular formula is C22H24N6O3. The highest BCUT2D eigenvalue weighted by Crippen LogP contribution is 2.27. The summed E-state index contributed by atoms with van der Waals surface area (Å²) < 4.78 is 3.33. The number of amides is 2. The predicted octanol–water partition coefficient (Wildman–Crippen LogP) is 0.871. The van der Waals surface area contributed by atoms with Gasteiger partial charge in [-0.3, -0.25) is 14.3 Å². The molecule has 0 spiro atoms. The van der Waals surface area contributed by atoms with Crippen molar-refractivity contribution in [2.75, 3.05) is 13.6 Å². The van der Waals surface area contributed by atoms with Gasteiger partial charge in [0.2, 0.25) is 0 Å². The molecule has 4 rings (SSSR count). The average molecular weight is 420 g/mol. The lowest BCUT2D eigenvalue weighted by molar-refractivity contribution is -0.133. The van der Waals surface area contributed by atoms with E-state index in [-0.39, 0.29) is 11.6 Å². The summed E-state index contributed by atoms with van der Waals surface area (Å²) in [6.45, 7) is 2.61. The molecule has 1 saturated heterocycles. The maximum Gasteiger partial charge on any atom is 0.269 e. The van der Waals surface area contributed by atoms with Gasteiger partial charge in [-0.1, -0.05) is 12.0 Å². The topological polar surface area (TPSA) is 119 Å². The second kappa shape index (κ2) is 8.85. The normalized spacial score (nSPS) is 15.4. The van der Waals surface area contributed by atoms with Crippen molar-refractivity contribution in [1.82, 2.24) is 24.5 Å². The Bertz CT molecular complexity index is 1160. The summed E-state index contributed by atoms with van der Waals surface area (Å²) in [7, 11) is 3.53. The van der Waals surface area contributed by atoms with E-state index in [1.165, 1.54) is 4.90 Å². The first kappa shape index (κ1) is 21.8. The lowest BCUT2D eigenvalue weighted by Gasteiger charge is -2.04. The number of hydrogen-bond donors (Lipinski definition) is 2. The number of likely N-dealkylation sites (N-methyl/N-ethyl adjacent to an activating group) is 1. The zero-order chi connectivity index (χ0) is 22.7. The second-order valence-electron chi connectivity index (χ2n) is 7.23. The third-order valence-corrected chi connectivity index (χ3v) is 5.15. The van der Waals surface area contributed by atoms with Crippen molar-refractivity contribution < 1.29 is 14.7 Å². The molecule has 3 heterocycles. The molecule has 0 radical (unpaired) electrons. The number of carbonyl (C=O) groups is 2. The third kappa shape index (κ3) is 4.49. The number of aliphatic hydroxyl groups excluding tert-OH is 1. The first-order valence-electron chi connectivity index (χ1n) is 9.61. The van der Waals surface area contributed by atoms with Crippen molar-refractivity contribution in [3.05, 3.63) is 53.6 Å². The van der Waals surface area contributed by atoms with Gasteiger partial charge in [-0.15, -0.1) is 6.42 Å². The number of nitrogens with two attached hydrogens (primary N) is 1. The molecule has 3 N–H and O–H groups in total. The Morgan fingerprint density at radius 2 is 2.06 bits per heavy atom. The predicted molar refractivity (Wildman–Crippen MR) is 115 cm³/mol. The van der Waals surface area contributed by atoms with Crippen LogP contribution < -0.4 is 5.73 Å². The first-order valence-corrected chi connectivity index (χ1v) is 9.61. The van der Waals surface area contributed by atoms with Crippen LogP contribution in [-0.4, -0.2) is 61.1 Å². The van der Waals surface area contributed by atoms with Gasteiger partial charge in [0.15, 0.2) is 5.69 Å². The summed E-state index contributed by atoms with van der Waals surface area (Å²) in [6, 6.07) is 7.34. The van der Waals surface area contributed by atoms with Crippen LogP contribution in [0.1, 0.15) is 28.2 Å². The van der Waals surface area contributed by atoms with E-state index in [2.05, 4.69) is 16.1 Å². The minimum Gasteiger partial charge on any atom is -0.383 e. The van der Waals surface area contributed by atoms with Crippen molar-refractivity contribution in [1.29, 1.82) is 0 Å². The molecule has 1 aliphatic heterocycles. The molecule has 3 aromatic rings. The van der Waals surface area contributed by atoms with Crippen molar-refractivity contribution in [2.45, 2.75) is 19.4 Å². The van der Waals surface area contributed by atoms with Crippen molar-refractivity contribution >= 4 is 11.8 Å². The number of likely N-dealkylation sites (tertiary alicyclic amines) is 1. The van der Waals surface area contributed by atoms with Crippen LogP contribution in [0.15, 0.2) is 36.7 Å². The lowest BCUT2D eigenvalue weighted by atomic mass is 10.1. The average Bonchev–Trinajstić information content (AvgIpc) is 3.43. The van der Waals surface area contributed by atoms with Gasteiger partial charge in [-0.25, -0.2) is 4.68 Å². The van der Waals surface area contributed by atoms with E-state index in [1.54, 1.807) is 28.8 Å². The van der Waals surface area contributed by atoms with Gasteiger partial charge in [-0.2, -0.15) is 10.2 Å². The number of rotatable bonds is 3. The second-order valence-corrected chi connectivity index (χ2v) is 7.23. The number of carbonyl (C=O) groups excluding carboxylic acids is 2. The van der Waals surface area contributed by atoms with Gasteiger partial charge >= 0.3 is 0 Å². The summed E-state index contributed by atoms with van der Waals surface area (Å²) in [5.41, 5.74) is 9.57. The molecule has 0 bridgehead atoms. The molecule has 9 nitrogen and oxygen atoms in total. The van der Waals surface area contributed by atoms with Gasteiger partial charge < -0.3 is 15.7 Å². The quantitative estimate of drug-likeness (QED) is 0.610. The number of nitrogens with zero attached hydrogens (tertiary/aromatic N) is 5. The smallest absolute Gasteiger partial charge is 0.269 e. The molecule has 1 aromatic carbocycles. The molecular weight excluding hydrogens is 396 g/mol. The van der Waals surface area contributed by atoms with Crippen LogP contribution in [0.4, 0.5) is 0 Å². The summed E-state index contributed by atoms with van der Waals surface area (Å²) in [5.74, 6) is 1.84. The van der Waals surface area contributed by atoms with E-state index in [4.69, 9.17) is 17.3 Å². The molecule has 2 aromatic heterocycles. The minimum atomic E-state index is -0.722. The highest BCUT2D eigenvalue weighted by atomic mass is 16.3. The van der Waals surface area contributed by atoms with Gasteiger partial charge in [-0.05, 0) is 31.5 Å². The van der Waals surface area contributed by atoms with Crippen LogP contribution in [0.25, 0.3) is 16.8 Å². The maximum absolute atomic E-state index is 11.8. The van der Waals surface area contributed by atoms with Crippen LogP contribution >= 0.6 is 0 Å². The number of benzene rings is 1. The van der Waals surface area contributed by atoms with Crippen LogP contribution in [-0.2, 0) is 11.8 Å². The van der Waals surface area contributed by atoms with E-state index in [0.29, 0.717) is 18.5 Å². The first-order chi connectivity index (χ1) is 14.7. The number of terminal acetylenes is 1. The number of hydrogen-bond acceptors (Lipinski definition) is 5. The number of primary amides is 1. The van der Waals surface area contributed by atoms with Gasteiger partial charge in [0.1, 0.15) is 6.10 Å². The molecule has 2 amide bonds. The SMILES string of the molecule is C#Cc1cccc(-n2cc(-c3cnn(C)c3C)c(C(N)=O)n2)c1.CN1CCC(O)C1=O. The molecule has 1 unspecified atom stereocenters.